The summed E-state index contributed by atoms with van der Waals surface area (Å²) in [5.41, 5.74) is 1.42. The molecule has 2 aromatic carbocycles. The number of urea groups is 1. The topological polar surface area (TPSA) is 108 Å². The van der Waals surface area contributed by atoms with Crippen LogP contribution in [0.2, 0.25) is 0 Å². The van der Waals surface area contributed by atoms with Crippen LogP contribution >= 0.6 is 0 Å². The van der Waals surface area contributed by atoms with Crippen LogP contribution in [0, 0.1) is 0 Å². The minimum atomic E-state index is -1.02. The van der Waals surface area contributed by atoms with Gasteiger partial charge in [-0.15, -0.1) is 0 Å². The molecular weight excluding hydrogens is 448 g/mol. The number of hydrogen-bond donors (Lipinski definition) is 2. The first-order valence-corrected chi connectivity index (χ1v) is 11.6. The van der Waals surface area contributed by atoms with E-state index in [0.29, 0.717) is 25.1 Å². The highest BCUT2D eigenvalue weighted by molar-refractivity contribution is 6.07. The molecule has 0 bridgehead atoms. The van der Waals surface area contributed by atoms with E-state index in [1.165, 1.54) is 4.90 Å². The number of morpholine rings is 1. The molecule has 2 fully saturated rings. The van der Waals surface area contributed by atoms with Crippen molar-refractivity contribution >= 4 is 29.4 Å². The number of carbonyl (C=O) groups excluding carboxylic acids is 4. The van der Waals surface area contributed by atoms with Crippen LogP contribution in [0.4, 0.5) is 10.5 Å². The molecule has 3 aliphatic rings. The normalized spacial score (nSPS) is 25.1. The number of likely N-dealkylation sites (N-methyl/N-ethyl adjacent to an activating group) is 1. The summed E-state index contributed by atoms with van der Waals surface area (Å²) in [6, 6.07) is 14.3. The molecule has 35 heavy (non-hydrogen) atoms. The molecule has 0 aromatic heterocycles. The molecule has 0 unspecified atom stereocenters. The average Bonchev–Trinajstić information content (AvgIpc) is 3.30. The van der Waals surface area contributed by atoms with Crippen molar-refractivity contribution in [3.8, 4) is 0 Å². The number of fused-ring (bicyclic) bond motifs is 1. The lowest BCUT2D eigenvalue weighted by molar-refractivity contribution is -0.175. The van der Waals surface area contributed by atoms with Crippen LogP contribution in [0.3, 0.4) is 0 Å². The molecule has 2 aliphatic heterocycles. The number of ether oxygens (including phenoxy) is 1. The fraction of sp³-hybridized carbons (Fsp3) is 0.385. The molecule has 5 amide bonds. The van der Waals surface area contributed by atoms with Crippen molar-refractivity contribution in [1.29, 1.82) is 0 Å². The van der Waals surface area contributed by atoms with Gasteiger partial charge in [-0.05, 0) is 42.7 Å². The van der Waals surface area contributed by atoms with Crippen LogP contribution < -0.4 is 10.6 Å². The number of rotatable bonds is 4. The molecule has 5 rings (SSSR count). The highest BCUT2D eigenvalue weighted by Crippen LogP contribution is 2.38. The van der Waals surface area contributed by atoms with Gasteiger partial charge in [0, 0.05) is 25.6 Å². The predicted molar refractivity (Wildman–Crippen MR) is 127 cm³/mol. The van der Waals surface area contributed by atoms with Gasteiger partial charge in [0.25, 0.3) is 11.8 Å². The Morgan fingerprint density at radius 2 is 1.80 bits per heavy atom. The minimum absolute atomic E-state index is 0.119. The number of imide groups is 1. The van der Waals surface area contributed by atoms with E-state index >= 15 is 0 Å². The van der Waals surface area contributed by atoms with E-state index in [-0.39, 0.29) is 30.3 Å². The van der Waals surface area contributed by atoms with E-state index in [9.17, 15) is 19.2 Å². The Morgan fingerprint density at radius 1 is 1.09 bits per heavy atom. The van der Waals surface area contributed by atoms with Crippen molar-refractivity contribution in [3.05, 3.63) is 65.2 Å². The van der Waals surface area contributed by atoms with Crippen molar-refractivity contribution in [1.82, 2.24) is 15.1 Å². The van der Waals surface area contributed by atoms with Crippen LogP contribution in [0.15, 0.2) is 48.5 Å². The van der Waals surface area contributed by atoms with E-state index in [4.69, 9.17) is 4.74 Å². The Hall–Kier alpha value is -3.72. The first kappa shape index (κ1) is 23.0. The van der Waals surface area contributed by atoms with E-state index in [2.05, 4.69) is 10.6 Å². The van der Waals surface area contributed by atoms with Crippen LogP contribution in [-0.2, 0) is 32.0 Å². The molecule has 2 N–H and O–H groups in total. The highest BCUT2D eigenvalue weighted by Gasteiger charge is 2.54. The van der Waals surface area contributed by atoms with Gasteiger partial charge in [0.1, 0.15) is 17.7 Å². The van der Waals surface area contributed by atoms with Gasteiger partial charge >= 0.3 is 6.03 Å². The molecule has 2 atom stereocenters. The molecule has 2 aromatic rings. The SMILES string of the molecule is CN1C(=O)NC(=O)[C@@]12Cc1ccc(NC(=O)CN3C(=O)C(C)(C)OC[C@H]3c3ccccc3)cc1C2. The third-order valence-electron chi connectivity index (χ3n) is 7.30. The number of benzene rings is 2. The number of nitrogens with one attached hydrogen (secondary N) is 2. The zero-order valence-electron chi connectivity index (χ0n) is 20.0. The largest absolute Gasteiger partial charge is 0.363 e. The summed E-state index contributed by atoms with van der Waals surface area (Å²) in [5, 5.41) is 5.28. The van der Waals surface area contributed by atoms with E-state index in [1.54, 1.807) is 31.9 Å². The smallest absolute Gasteiger partial charge is 0.324 e. The standard InChI is InChI=1S/C26H28N4O5/c1-25(2)23(33)30(20(15-35-25)16-7-5-4-6-8-16)14-21(31)27-19-10-9-17-12-26(13-18(17)11-19)22(32)28-24(34)29(26)3/h4-11,20H,12-15H2,1-3H3,(H,27,31)(H,28,32,34)/t20-,26-/m0/s1. The molecule has 2 saturated heterocycles. The Bertz CT molecular complexity index is 1230. The predicted octanol–water partition coefficient (Wildman–Crippen LogP) is 2.02. The summed E-state index contributed by atoms with van der Waals surface area (Å²) >= 11 is 0. The van der Waals surface area contributed by atoms with Crippen LogP contribution in [-0.4, -0.2) is 64.9 Å². The van der Waals surface area contributed by atoms with Gasteiger partial charge in [0.15, 0.2) is 0 Å². The molecule has 2 heterocycles. The lowest BCUT2D eigenvalue weighted by Crippen LogP contribution is -2.56. The zero-order chi connectivity index (χ0) is 25.0. The van der Waals surface area contributed by atoms with Crippen LogP contribution in [0.1, 0.15) is 36.6 Å². The van der Waals surface area contributed by atoms with Crippen molar-refractivity contribution in [2.45, 2.75) is 43.9 Å². The molecule has 9 heteroatoms. The Labute approximate surface area is 203 Å². The van der Waals surface area contributed by atoms with E-state index < -0.39 is 17.2 Å². The summed E-state index contributed by atoms with van der Waals surface area (Å²) in [6.07, 6.45) is 0.813. The van der Waals surface area contributed by atoms with E-state index in [1.807, 2.05) is 42.5 Å². The quantitative estimate of drug-likeness (QED) is 0.657. The fourth-order valence-corrected chi connectivity index (χ4v) is 5.19. The van der Waals surface area contributed by atoms with Gasteiger partial charge in [0.05, 0.1) is 12.6 Å². The number of carbonyl (C=O) groups is 4. The molecular formula is C26H28N4O5. The number of hydrogen-bond acceptors (Lipinski definition) is 5. The van der Waals surface area contributed by atoms with Crippen molar-refractivity contribution in [3.63, 3.8) is 0 Å². The summed E-state index contributed by atoms with van der Waals surface area (Å²) in [6.45, 7) is 3.59. The second-order valence-corrected chi connectivity index (χ2v) is 9.92. The monoisotopic (exact) mass is 476 g/mol. The maximum Gasteiger partial charge on any atom is 0.324 e. The van der Waals surface area contributed by atoms with Gasteiger partial charge in [0.2, 0.25) is 5.91 Å². The highest BCUT2D eigenvalue weighted by atomic mass is 16.5. The summed E-state index contributed by atoms with van der Waals surface area (Å²) in [5.74, 6) is -0.869. The molecule has 0 saturated carbocycles. The first-order valence-electron chi connectivity index (χ1n) is 11.6. The lowest BCUT2D eigenvalue weighted by atomic mass is 9.95. The van der Waals surface area contributed by atoms with Gasteiger partial charge in [-0.1, -0.05) is 36.4 Å². The third-order valence-corrected chi connectivity index (χ3v) is 7.30. The van der Waals surface area contributed by atoms with Gasteiger partial charge in [-0.25, -0.2) is 4.79 Å². The van der Waals surface area contributed by atoms with Crippen molar-refractivity contribution < 1.29 is 23.9 Å². The Morgan fingerprint density at radius 3 is 2.49 bits per heavy atom. The van der Waals surface area contributed by atoms with Gasteiger partial charge in [-0.2, -0.15) is 0 Å². The molecule has 182 valence electrons. The van der Waals surface area contributed by atoms with Gasteiger partial charge in [-0.3, -0.25) is 19.7 Å². The first-order chi connectivity index (χ1) is 16.6. The zero-order valence-corrected chi connectivity index (χ0v) is 20.0. The minimum Gasteiger partial charge on any atom is -0.363 e. The maximum atomic E-state index is 13.2. The van der Waals surface area contributed by atoms with Crippen molar-refractivity contribution in [2.75, 3.05) is 25.5 Å². The van der Waals surface area contributed by atoms with E-state index in [0.717, 1.165) is 16.7 Å². The number of nitrogens with zero attached hydrogens (tertiary/aromatic N) is 2. The van der Waals surface area contributed by atoms with Gasteiger partial charge < -0.3 is 19.9 Å². The maximum absolute atomic E-state index is 13.2. The van der Waals surface area contributed by atoms with Crippen LogP contribution in [0.25, 0.3) is 0 Å². The Balaban J connectivity index is 1.32. The Kier molecular flexibility index (Phi) is 5.40. The molecule has 0 radical (unpaired) electrons. The van der Waals surface area contributed by atoms with Crippen LogP contribution in [0.5, 0.6) is 0 Å². The molecule has 1 aliphatic carbocycles. The second kappa shape index (κ2) is 8.20. The summed E-state index contributed by atoms with van der Waals surface area (Å²) in [4.78, 5) is 53.7. The molecule has 9 nitrogen and oxygen atoms in total. The molecule has 1 spiro atoms. The average molecular weight is 477 g/mol. The third kappa shape index (κ3) is 3.85. The van der Waals surface area contributed by atoms with Crippen molar-refractivity contribution in [2.24, 2.45) is 0 Å². The fourth-order valence-electron chi connectivity index (χ4n) is 5.19. The summed E-state index contributed by atoms with van der Waals surface area (Å²) < 4.78 is 5.81. The second-order valence-electron chi connectivity index (χ2n) is 9.92. The number of anilines is 1. The lowest BCUT2D eigenvalue weighted by Gasteiger charge is -2.42. The number of amides is 5. The summed E-state index contributed by atoms with van der Waals surface area (Å²) in [7, 11) is 1.62.